The van der Waals surface area contributed by atoms with E-state index in [1.165, 1.54) is 17.2 Å². The molecule has 0 amide bonds. The number of nitriles is 1. The normalized spacial score (nSPS) is 10.2. The Morgan fingerprint density at radius 1 is 0.812 bits per heavy atom. The van der Waals surface area contributed by atoms with Crippen LogP contribution in [0.4, 0.5) is 0 Å². The van der Waals surface area contributed by atoms with Gasteiger partial charge in [-0.3, -0.25) is 0 Å². The Morgan fingerprint density at radius 3 is 2.06 bits per heavy atom. The monoisotopic (exact) mass is 205 g/mol. The van der Waals surface area contributed by atoms with E-state index in [4.69, 9.17) is 5.26 Å². The minimum absolute atomic E-state index is 1.04. The van der Waals surface area contributed by atoms with Crippen LogP contribution in [0.1, 0.15) is 5.56 Å². The van der Waals surface area contributed by atoms with Crippen molar-refractivity contribution in [2.24, 2.45) is 0 Å². The van der Waals surface area contributed by atoms with Gasteiger partial charge in [-0.2, -0.15) is 5.26 Å². The zero-order valence-corrected chi connectivity index (χ0v) is 8.80. The minimum atomic E-state index is 1.04. The third-order valence-electron chi connectivity index (χ3n) is 2.37. The van der Waals surface area contributed by atoms with Gasteiger partial charge in [0.2, 0.25) is 0 Å². The predicted molar refractivity (Wildman–Crippen MR) is 66.5 cm³/mol. The molecule has 1 heteroatoms. The highest BCUT2D eigenvalue weighted by molar-refractivity contribution is 5.65. The fourth-order valence-corrected chi connectivity index (χ4v) is 1.55. The average molecular weight is 205 g/mol. The van der Waals surface area contributed by atoms with Gasteiger partial charge < -0.3 is 0 Å². The first-order valence-electron chi connectivity index (χ1n) is 5.12. The van der Waals surface area contributed by atoms with Gasteiger partial charge >= 0.3 is 0 Å². The van der Waals surface area contributed by atoms with Crippen molar-refractivity contribution >= 4 is 6.08 Å². The number of hydrogen-bond acceptors (Lipinski definition) is 1. The molecular formula is C15H11N. The molecule has 0 bridgehead atoms. The summed E-state index contributed by atoms with van der Waals surface area (Å²) in [6, 6.07) is 20.4. The van der Waals surface area contributed by atoms with Crippen LogP contribution in [0, 0.1) is 11.3 Å². The summed E-state index contributed by atoms with van der Waals surface area (Å²) in [4.78, 5) is 0. The van der Waals surface area contributed by atoms with Crippen molar-refractivity contribution in [3.05, 3.63) is 66.2 Å². The SMILES string of the molecule is N#C/C=C\c1ccc(-c2ccccc2)cc1. The standard InChI is InChI=1S/C15H11N/c16-12-4-5-13-8-10-15(11-9-13)14-6-2-1-3-7-14/h1-11H/b5-4-. The Hall–Kier alpha value is -2.33. The fourth-order valence-electron chi connectivity index (χ4n) is 1.55. The van der Waals surface area contributed by atoms with E-state index in [2.05, 4.69) is 24.3 Å². The molecule has 0 saturated heterocycles. The Morgan fingerprint density at radius 2 is 1.44 bits per heavy atom. The summed E-state index contributed by atoms with van der Waals surface area (Å²) in [5, 5.41) is 8.42. The average Bonchev–Trinajstić information content (AvgIpc) is 2.38. The van der Waals surface area contributed by atoms with Crippen LogP contribution < -0.4 is 0 Å². The van der Waals surface area contributed by atoms with Crippen LogP contribution in [-0.2, 0) is 0 Å². The van der Waals surface area contributed by atoms with Crippen LogP contribution in [0.3, 0.4) is 0 Å². The number of nitrogens with zero attached hydrogens (tertiary/aromatic N) is 1. The molecule has 0 N–H and O–H groups in total. The van der Waals surface area contributed by atoms with Crippen molar-refractivity contribution in [3.63, 3.8) is 0 Å². The molecule has 0 aliphatic heterocycles. The predicted octanol–water partition coefficient (Wildman–Crippen LogP) is 3.89. The highest BCUT2D eigenvalue weighted by Crippen LogP contribution is 2.19. The molecule has 0 heterocycles. The molecule has 76 valence electrons. The van der Waals surface area contributed by atoms with E-state index in [0.29, 0.717) is 0 Å². The smallest absolute Gasteiger partial charge is 0.0912 e. The van der Waals surface area contributed by atoms with Crippen LogP contribution >= 0.6 is 0 Å². The zero-order chi connectivity index (χ0) is 11.2. The molecule has 2 aromatic carbocycles. The van der Waals surface area contributed by atoms with E-state index in [1.807, 2.05) is 36.4 Å². The first-order chi connectivity index (χ1) is 7.90. The van der Waals surface area contributed by atoms with Crippen molar-refractivity contribution in [1.82, 2.24) is 0 Å². The Bertz CT molecular complexity index is 516. The molecule has 0 fully saturated rings. The van der Waals surface area contributed by atoms with Crippen LogP contribution in [0.2, 0.25) is 0 Å². The molecule has 0 aliphatic carbocycles. The first-order valence-corrected chi connectivity index (χ1v) is 5.12. The van der Waals surface area contributed by atoms with Crippen LogP contribution in [0.25, 0.3) is 17.2 Å². The second kappa shape index (κ2) is 4.95. The first kappa shape index (κ1) is 10.2. The van der Waals surface area contributed by atoms with E-state index < -0.39 is 0 Å². The van der Waals surface area contributed by atoms with Gasteiger partial charge in [-0.25, -0.2) is 0 Å². The molecule has 0 unspecified atom stereocenters. The molecule has 16 heavy (non-hydrogen) atoms. The quantitative estimate of drug-likeness (QED) is 0.682. The Labute approximate surface area is 95.3 Å². The molecule has 0 aliphatic rings. The second-order valence-electron chi connectivity index (χ2n) is 3.45. The topological polar surface area (TPSA) is 23.8 Å². The van der Waals surface area contributed by atoms with E-state index in [0.717, 1.165) is 5.56 Å². The van der Waals surface area contributed by atoms with Gasteiger partial charge in [0, 0.05) is 6.08 Å². The lowest BCUT2D eigenvalue weighted by Crippen LogP contribution is -1.77. The fraction of sp³-hybridized carbons (Fsp3) is 0. The third-order valence-corrected chi connectivity index (χ3v) is 2.37. The molecule has 0 saturated carbocycles. The van der Waals surface area contributed by atoms with E-state index in [9.17, 15) is 0 Å². The summed E-state index contributed by atoms with van der Waals surface area (Å²) in [7, 11) is 0. The Kier molecular flexibility index (Phi) is 3.15. The molecule has 1 nitrogen and oxygen atoms in total. The van der Waals surface area contributed by atoms with Crippen LogP contribution in [-0.4, -0.2) is 0 Å². The molecule has 0 atom stereocenters. The number of hydrogen-bond donors (Lipinski definition) is 0. The van der Waals surface area contributed by atoms with Gasteiger partial charge in [0.15, 0.2) is 0 Å². The lowest BCUT2D eigenvalue weighted by atomic mass is 10.0. The summed E-state index contributed by atoms with van der Waals surface area (Å²) >= 11 is 0. The molecule has 2 rings (SSSR count). The summed E-state index contributed by atoms with van der Waals surface area (Å²) in [6.45, 7) is 0. The van der Waals surface area contributed by atoms with Crippen molar-refractivity contribution in [2.75, 3.05) is 0 Å². The zero-order valence-electron chi connectivity index (χ0n) is 8.80. The third kappa shape index (κ3) is 2.37. The molecule has 0 aromatic heterocycles. The molecule has 2 aromatic rings. The maximum absolute atomic E-state index is 8.42. The number of rotatable bonds is 2. The minimum Gasteiger partial charge on any atom is -0.193 e. The molecular weight excluding hydrogens is 194 g/mol. The van der Waals surface area contributed by atoms with Gasteiger partial charge in [-0.15, -0.1) is 0 Å². The van der Waals surface area contributed by atoms with E-state index >= 15 is 0 Å². The van der Waals surface area contributed by atoms with Gasteiger partial charge in [0.25, 0.3) is 0 Å². The lowest BCUT2D eigenvalue weighted by Gasteiger charge is -2.01. The van der Waals surface area contributed by atoms with Crippen LogP contribution in [0.5, 0.6) is 0 Å². The number of benzene rings is 2. The summed E-state index contributed by atoms with van der Waals surface area (Å²) < 4.78 is 0. The van der Waals surface area contributed by atoms with Gasteiger partial charge in [-0.05, 0) is 22.8 Å². The summed E-state index contributed by atoms with van der Waals surface area (Å²) in [5.41, 5.74) is 3.44. The van der Waals surface area contributed by atoms with E-state index in [1.54, 1.807) is 6.08 Å². The van der Waals surface area contributed by atoms with Crippen molar-refractivity contribution in [1.29, 1.82) is 5.26 Å². The van der Waals surface area contributed by atoms with E-state index in [-0.39, 0.29) is 0 Å². The lowest BCUT2D eigenvalue weighted by molar-refractivity contribution is 1.53. The maximum atomic E-state index is 8.42. The largest absolute Gasteiger partial charge is 0.193 e. The van der Waals surface area contributed by atoms with Gasteiger partial charge in [0.05, 0.1) is 6.07 Å². The molecule has 0 spiro atoms. The van der Waals surface area contributed by atoms with Crippen LogP contribution in [0.15, 0.2) is 60.7 Å². The summed E-state index contributed by atoms with van der Waals surface area (Å²) in [6.07, 6.45) is 3.28. The maximum Gasteiger partial charge on any atom is 0.0912 e. The van der Waals surface area contributed by atoms with Crippen molar-refractivity contribution in [2.45, 2.75) is 0 Å². The summed E-state index contributed by atoms with van der Waals surface area (Å²) in [5.74, 6) is 0. The highest BCUT2D eigenvalue weighted by Gasteiger charge is 1.95. The highest BCUT2D eigenvalue weighted by atomic mass is 14.2. The molecule has 0 radical (unpaired) electrons. The van der Waals surface area contributed by atoms with Crippen molar-refractivity contribution in [3.8, 4) is 17.2 Å². The second-order valence-corrected chi connectivity index (χ2v) is 3.45. The number of allylic oxidation sites excluding steroid dienone is 1. The van der Waals surface area contributed by atoms with Gasteiger partial charge in [-0.1, -0.05) is 54.6 Å². The van der Waals surface area contributed by atoms with Crippen molar-refractivity contribution < 1.29 is 0 Å². The van der Waals surface area contributed by atoms with Gasteiger partial charge in [0.1, 0.15) is 0 Å². The Balaban J connectivity index is 2.27.